The third-order valence-electron chi connectivity index (χ3n) is 9.57. The van der Waals surface area contributed by atoms with Gasteiger partial charge in [0, 0.05) is 55.3 Å². The number of carbonyl (C=O) groups excluding carboxylic acids is 2. The lowest BCUT2D eigenvalue weighted by Crippen LogP contribution is -2.65. The van der Waals surface area contributed by atoms with E-state index in [1.54, 1.807) is 19.2 Å². The fourth-order valence-corrected chi connectivity index (χ4v) is 7.39. The molecular formula is C31H38FN3O4. The zero-order valence-electron chi connectivity index (χ0n) is 22.8. The van der Waals surface area contributed by atoms with Gasteiger partial charge in [0.05, 0.1) is 19.8 Å². The minimum atomic E-state index is -0.576. The number of hydrogen-bond donors (Lipinski definition) is 1. The maximum Gasteiger partial charge on any atom is 0.325 e. The maximum atomic E-state index is 14.9. The summed E-state index contributed by atoms with van der Waals surface area (Å²) in [5.41, 5.74) is 2.54. The molecule has 39 heavy (non-hydrogen) atoms. The Labute approximate surface area is 229 Å². The number of methoxy groups -OCH3 is 1. The van der Waals surface area contributed by atoms with Crippen molar-refractivity contribution in [3.8, 4) is 5.75 Å². The van der Waals surface area contributed by atoms with Crippen LogP contribution in [-0.2, 0) is 20.9 Å². The van der Waals surface area contributed by atoms with Crippen molar-refractivity contribution in [2.24, 2.45) is 11.3 Å². The molecule has 1 aliphatic carbocycles. The number of benzene rings is 2. The minimum Gasteiger partial charge on any atom is -0.497 e. The Balaban J connectivity index is 1.38. The van der Waals surface area contributed by atoms with Gasteiger partial charge in [-0.05, 0) is 55.7 Å². The number of halogens is 1. The summed E-state index contributed by atoms with van der Waals surface area (Å²) < 4.78 is 26.0. The first-order valence-corrected chi connectivity index (χ1v) is 14.3. The van der Waals surface area contributed by atoms with Crippen molar-refractivity contribution in [1.82, 2.24) is 9.80 Å². The summed E-state index contributed by atoms with van der Waals surface area (Å²) in [7, 11) is 1.65. The molecule has 2 aromatic carbocycles. The zero-order valence-corrected chi connectivity index (χ0v) is 22.8. The molecule has 3 atom stereocenters. The summed E-state index contributed by atoms with van der Waals surface area (Å²) in [5.74, 6) is 0.737. The highest BCUT2D eigenvalue weighted by Crippen LogP contribution is 2.57. The van der Waals surface area contributed by atoms with Crippen LogP contribution in [0.15, 0.2) is 42.5 Å². The number of rotatable bonds is 6. The number of amides is 1. The van der Waals surface area contributed by atoms with Crippen LogP contribution in [0.5, 0.6) is 5.75 Å². The van der Waals surface area contributed by atoms with Crippen molar-refractivity contribution in [2.75, 3.05) is 38.7 Å². The smallest absolute Gasteiger partial charge is 0.325 e. The second kappa shape index (κ2) is 10.5. The number of nitrogens with zero attached hydrogens (tertiary/aromatic N) is 2. The summed E-state index contributed by atoms with van der Waals surface area (Å²) in [5, 5.41) is 3.68. The fourth-order valence-electron chi connectivity index (χ4n) is 7.39. The van der Waals surface area contributed by atoms with Crippen LogP contribution in [0.4, 0.5) is 10.1 Å². The summed E-state index contributed by atoms with van der Waals surface area (Å²) in [6, 6.07) is 12.1. The van der Waals surface area contributed by atoms with Crippen LogP contribution in [0.1, 0.15) is 56.1 Å². The zero-order chi connectivity index (χ0) is 27.1. The molecule has 3 aliphatic heterocycles. The van der Waals surface area contributed by atoms with Crippen molar-refractivity contribution in [2.45, 2.75) is 63.6 Å². The molecule has 0 bridgehead atoms. The second-order valence-electron chi connectivity index (χ2n) is 11.6. The molecule has 2 aromatic rings. The second-order valence-corrected chi connectivity index (χ2v) is 11.6. The largest absolute Gasteiger partial charge is 0.497 e. The maximum absolute atomic E-state index is 14.9. The standard InChI is InChI=1S/C31H38FN3O4/c1-3-39-30(37)28-27-26(23-12-11-22(38-2)17-25(23)33-27)31(19-35(28)18-21-7-4-5-10-24(21)32)13-15-34(16-14-31)29(36)20-8-6-9-20/h4-5,7,10-12,17,20,26-28,33H,3,6,8-9,13-16,18-19H2,1-2H3. The van der Waals surface area contributed by atoms with Crippen molar-refractivity contribution >= 4 is 17.6 Å². The van der Waals surface area contributed by atoms with E-state index in [1.165, 1.54) is 11.6 Å². The van der Waals surface area contributed by atoms with Crippen LogP contribution in [0, 0.1) is 17.2 Å². The van der Waals surface area contributed by atoms with Crippen LogP contribution in [0.2, 0.25) is 0 Å². The highest BCUT2D eigenvalue weighted by Gasteiger charge is 2.59. The Morgan fingerprint density at radius 2 is 1.90 bits per heavy atom. The van der Waals surface area contributed by atoms with Crippen molar-refractivity contribution in [3.63, 3.8) is 0 Å². The molecule has 6 rings (SSSR count). The molecule has 4 aliphatic rings. The van der Waals surface area contributed by atoms with Gasteiger partial charge in [0.25, 0.3) is 0 Å². The van der Waals surface area contributed by atoms with E-state index in [4.69, 9.17) is 9.47 Å². The molecular weight excluding hydrogens is 497 g/mol. The van der Waals surface area contributed by atoms with E-state index in [2.05, 4.69) is 21.2 Å². The first-order chi connectivity index (χ1) is 18.9. The predicted molar refractivity (Wildman–Crippen MR) is 146 cm³/mol. The summed E-state index contributed by atoms with van der Waals surface area (Å²) in [6.45, 7) is 4.46. The van der Waals surface area contributed by atoms with Crippen LogP contribution >= 0.6 is 0 Å². The van der Waals surface area contributed by atoms with Gasteiger partial charge in [-0.1, -0.05) is 30.7 Å². The molecule has 1 saturated carbocycles. The molecule has 0 aromatic heterocycles. The topological polar surface area (TPSA) is 71.1 Å². The van der Waals surface area contributed by atoms with Gasteiger partial charge in [-0.15, -0.1) is 0 Å². The monoisotopic (exact) mass is 535 g/mol. The Hall–Kier alpha value is -3.13. The number of fused-ring (bicyclic) bond motifs is 4. The SMILES string of the molecule is CCOC(=O)C1C2Nc3cc(OC)ccc3C2C2(CCN(C(=O)C3CCC3)CC2)CN1Cc1ccccc1F. The predicted octanol–water partition coefficient (Wildman–Crippen LogP) is 4.57. The molecule has 208 valence electrons. The van der Waals surface area contributed by atoms with E-state index in [9.17, 15) is 14.0 Å². The number of nitrogens with one attached hydrogen (secondary N) is 1. The lowest BCUT2D eigenvalue weighted by Gasteiger charge is -2.56. The normalized spacial score (nSPS) is 25.8. The number of carbonyl (C=O) groups is 2. The number of likely N-dealkylation sites (tertiary alicyclic amines) is 2. The summed E-state index contributed by atoms with van der Waals surface area (Å²) >= 11 is 0. The molecule has 1 amide bonds. The van der Waals surface area contributed by atoms with E-state index in [0.29, 0.717) is 37.6 Å². The van der Waals surface area contributed by atoms with Crippen molar-refractivity contribution in [3.05, 3.63) is 59.4 Å². The molecule has 8 heteroatoms. The summed E-state index contributed by atoms with van der Waals surface area (Å²) in [4.78, 5) is 30.8. The van der Waals surface area contributed by atoms with Gasteiger partial charge in [-0.2, -0.15) is 0 Å². The lowest BCUT2D eigenvalue weighted by atomic mass is 9.60. The van der Waals surface area contributed by atoms with E-state index in [-0.39, 0.29) is 41.7 Å². The summed E-state index contributed by atoms with van der Waals surface area (Å²) in [6.07, 6.45) is 4.82. The van der Waals surface area contributed by atoms with E-state index in [0.717, 1.165) is 43.5 Å². The molecule has 1 spiro atoms. The van der Waals surface area contributed by atoms with Crippen molar-refractivity contribution in [1.29, 1.82) is 0 Å². The quantitative estimate of drug-likeness (QED) is 0.547. The highest BCUT2D eigenvalue weighted by atomic mass is 19.1. The Kier molecular flexibility index (Phi) is 7.00. The van der Waals surface area contributed by atoms with E-state index in [1.807, 2.05) is 25.1 Å². The number of hydrogen-bond acceptors (Lipinski definition) is 6. The molecule has 7 nitrogen and oxygen atoms in total. The van der Waals surface area contributed by atoms with Gasteiger partial charge in [0.1, 0.15) is 17.6 Å². The third kappa shape index (κ3) is 4.56. The number of piperidine rings is 2. The molecule has 3 heterocycles. The molecule has 3 fully saturated rings. The average molecular weight is 536 g/mol. The molecule has 1 N–H and O–H groups in total. The van der Waals surface area contributed by atoms with E-state index < -0.39 is 6.04 Å². The van der Waals surface area contributed by atoms with Gasteiger partial charge < -0.3 is 19.7 Å². The van der Waals surface area contributed by atoms with Crippen LogP contribution in [0.25, 0.3) is 0 Å². The average Bonchev–Trinajstić information content (AvgIpc) is 3.29. The van der Waals surface area contributed by atoms with Gasteiger partial charge in [-0.25, -0.2) is 4.39 Å². The van der Waals surface area contributed by atoms with Crippen LogP contribution in [-0.4, -0.2) is 67.1 Å². The first kappa shape index (κ1) is 26.1. The number of anilines is 1. The first-order valence-electron chi connectivity index (χ1n) is 14.3. The molecule has 0 radical (unpaired) electrons. The van der Waals surface area contributed by atoms with Crippen LogP contribution < -0.4 is 10.1 Å². The van der Waals surface area contributed by atoms with Gasteiger partial charge in [-0.3, -0.25) is 14.5 Å². The third-order valence-corrected chi connectivity index (χ3v) is 9.57. The Morgan fingerprint density at radius 1 is 1.13 bits per heavy atom. The lowest BCUT2D eigenvalue weighted by molar-refractivity contribution is -0.156. The Bertz CT molecular complexity index is 1240. The van der Waals surface area contributed by atoms with E-state index >= 15 is 0 Å². The van der Waals surface area contributed by atoms with Gasteiger partial charge >= 0.3 is 5.97 Å². The highest BCUT2D eigenvalue weighted by molar-refractivity contribution is 5.81. The minimum absolute atomic E-state index is 0.0608. The van der Waals surface area contributed by atoms with Crippen LogP contribution in [0.3, 0.4) is 0 Å². The Morgan fingerprint density at radius 3 is 2.56 bits per heavy atom. The fraction of sp³-hybridized carbons (Fsp3) is 0.548. The van der Waals surface area contributed by atoms with Gasteiger partial charge in [0.2, 0.25) is 5.91 Å². The van der Waals surface area contributed by atoms with Gasteiger partial charge in [0.15, 0.2) is 0 Å². The molecule has 3 unspecified atom stereocenters. The molecule has 2 saturated heterocycles. The van der Waals surface area contributed by atoms with Crippen molar-refractivity contribution < 1.29 is 23.5 Å². The number of ether oxygens (including phenoxy) is 2. The number of esters is 1.